The molecule has 95 heavy (non-hydrogen) atoms. The largest absolute Gasteiger partial charge is 0.756 e. The maximum Gasteiger partial charge on any atom is 0.268 e. The van der Waals surface area contributed by atoms with Crippen molar-refractivity contribution in [3.05, 3.63) is 48.6 Å². The molecule has 0 aromatic carbocycles. The Balaban J connectivity index is 3.94. The first-order chi connectivity index (χ1) is 46.5. The zero-order valence-corrected chi connectivity index (χ0v) is 65.5. The summed E-state index contributed by atoms with van der Waals surface area (Å²) in [5.74, 6) is -0.202. The van der Waals surface area contributed by atoms with E-state index in [4.69, 9.17) is 9.05 Å². The minimum absolute atomic E-state index is 0.00748. The van der Waals surface area contributed by atoms with Gasteiger partial charge < -0.3 is 28.8 Å². The molecule has 0 saturated heterocycles. The topological polar surface area (TPSA) is 108 Å². The maximum atomic E-state index is 13.1. The van der Waals surface area contributed by atoms with Gasteiger partial charge in [0.25, 0.3) is 7.82 Å². The predicted octanol–water partition coefficient (Wildman–Crippen LogP) is 27.4. The third-order valence-electron chi connectivity index (χ3n) is 19.7. The summed E-state index contributed by atoms with van der Waals surface area (Å²) in [5, 5.41) is 14.0. The van der Waals surface area contributed by atoms with Crippen molar-refractivity contribution in [2.45, 2.75) is 456 Å². The summed E-state index contributed by atoms with van der Waals surface area (Å²) < 4.78 is 23.5. The number of carbonyl (C=O) groups excluding carboxylic acids is 1. The molecule has 562 valence electrons. The van der Waals surface area contributed by atoms with E-state index >= 15 is 0 Å². The molecule has 0 aliphatic rings. The van der Waals surface area contributed by atoms with Gasteiger partial charge in [-0.05, 0) is 70.6 Å². The van der Waals surface area contributed by atoms with Gasteiger partial charge in [0.15, 0.2) is 0 Å². The molecule has 0 aromatic heterocycles. The normalized spacial score (nSPS) is 13.6. The Labute approximate surface area is 594 Å². The molecular formula is C86H167N2O6P. The number of nitrogens with one attached hydrogen (secondary N) is 1. The van der Waals surface area contributed by atoms with Crippen LogP contribution in [-0.4, -0.2) is 68.5 Å². The van der Waals surface area contributed by atoms with E-state index in [1.807, 2.05) is 27.2 Å². The van der Waals surface area contributed by atoms with Gasteiger partial charge in [-0.15, -0.1) is 0 Å². The van der Waals surface area contributed by atoms with Gasteiger partial charge in [-0.3, -0.25) is 9.36 Å². The lowest BCUT2D eigenvalue weighted by atomic mass is 10.0. The number of aliphatic hydroxyl groups excluding tert-OH is 1. The molecule has 0 fully saturated rings. The van der Waals surface area contributed by atoms with Crippen LogP contribution in [0.25, 0.3) is 0 Å². The van der Waals surface area contributed by atoms with Crippen LogP contribution in [0.15, 0.2) is 48.6 Å². The molecule has 0 heterocycles. The van der Waals surface area contributed by atoms with Crippen LogP contribution in [0.1, 0.15) is 444 Å². The van der Waals surface area contributed by atoms with Crippen molar-refractivity contribution < 1.29 is 32.9 Å². The number of quaternary nitrogens is 1. The second kappa shape index (κ2) is 76.6. The van der Waals surface area contributed by atoms with E-state index in [0.29, 0.717) is 17.4 Å². The first kappa shape index (κ1) is 93.5. The molecule has 0 rings (SSSR count). The summed E-state index contributed by atoms with van der Waals surface area (Å²) in [7, 11) is 1.25. The van der Waals surface area contributed by atoms with E-state index in [0.717, 1.165) is 44.9 Å². The lowest BCUT2D eigenvalue weighted by Crippen LogP contribution is -2.45. The zero-order valence-electron chi connectivity index (χ0n) is 64.7. The average Bonchev–Trinajstić information content (AvgIpc) is 2.01. The molecule has 3 atom stereocenters. The average molecular weight is 1360 g/mol. The zero-order chi connectivity index (χ0) is 69.0. The Hall–Kier alpha value is -1.54. The van der Waals surface area contributed by atoms with Crippen molar-refractivity contribution in [2.75, 3.05) is 40.9 Å². The number of phosphoric acid groups is 1. The van der Waals surface area contributed by atoms with Crippen LogP contribution < -0.4 is 10.2 Å². The highest BCUT2D eigenvalue weighted by molar-refractivity contribution is 7.45. The van der Waals surface area contributed by atoms with Gasteiger partial charge in [0, 0.05) is 6.42 Å². The van der Waals surface area contributed by atoms with Gasteiger partial charge >= 0.3 is 0 Å². The van der Waals surface area contributed by atoms with Crippen molar-refractivity contribution >= 4 is 13.7 Å². The number of likely N-dealkylation sites (N-methyl/N-ethyl adjacent to an activating group) is 1. The van der Waals surface area contributed by atoms with Crippen LogP contribution in [0, 0.1) is 0 Å². The first-order valence-electron chi connectivity index (χ1n) is 42.5. The van der Waals surface area contributed by atoms with E-state index < -0.39 is 26.6 Å². The third kappa shape index (κ3) is 79.7. The van der Waals surface area contributed by atoms with Crippen LogP contribution >= 0.6 is 7.82 Å². The predicted molar refractivity (Wildman–Crippen MR) is 418 cm³/mol. The first-order valence-corrected chi connectivity index (χ1v) is 44.0. The maximum absolute atomic E-state index is 13.1. The second-order valence-electron chi connectivity index (χ2n) is 30.5. The number of hydrogen-bond acceptors (Lipinski definition) is 6. The highest BCUT2D eigenvalue weighted by atomic mass is 31.2. The smallest absolute Gasteiger partial charge is 0.268 e. The summed E-state index contributed by atoms with van der Waals surface area (Å²) in [5.41, 5.74) is 0. The van der Waals surface area contributed by atoms with Gasteiger partial charge in [0.2, 0.25) is 5.91 Å². The van der Waals surface area contributed by atoms with E-state index in [-0.39, 0.29) is 12.5 Å². The number of allylic oxidation sites excluding steroid dienone is 7. The summed E-state index contributed by atoms with van der Waals surface area (Å²) in [6, 6.07) is -0.912. The number of phosphoric ester groups is 1. The number of unbranched alkanes of at least 4 members (excludes halogenated alkanes) is 61. The Morgan fingerprint density at radius 1 is 0.358 bits per heavy atom. The molecular weight excluding hydrogens is 1190 g/mol. The molecule has 0 radical (unpaired) electrons. The van der Waals surface area contributed by atoms with Crippen LogP contribution in [-0.2, 0) is 18.4 Å². The highest BCUT2D eigenvalue weighted by Crippen LogP contribution is 2.38. The van der Waals surface area contributed by atoms with Gasteiger partial charge in [-0.2, -0.15) is 0 Å². The van der Waals surface area contributed by atoms with Crippen LogP contribution in [0.4, 0.5) is 0 Å². The minimum Gasteiger partial charge on any atom is -0.756 e. The van der Waals surface area contributed by atoms with Crippen molar-refractivity contribution in [1.82, 2.24) is 5.32 Å². The number of hydrogen-bond donors (Lipinski definition) is 2. The number of amides is 1. The molecule has 0 aliphatic carbocycles. The van der Waals surface area contributed by atoms with E-state index in [1.54, 1.807) is 6.08 Å². The molecule has 3 unspecified atom stereocenters. The van der Waals surface area contributed by atoms with E-state index in [2.05, 4.69) is 55.6 Å². The minimum atomic E-state index is -4.62. The molecule has 0 aromatic rings. The van der Waals surface area contributed by atoms with Crippen molar-refractivity contribution in [2.24, 2.45) is 0 Å². The monoisotopic (exact) mass is 1360 g/mol. The van der Waals surface area contributed by atoms with Crippen LogP contribution in [0.2, 0.25) is 0 Å². The number of rotatable bonds is 80. The molecule has 0 saturated carbocycles. The van der Waals surface area contributed by atoms with Gasteiger partial charge in [-0.25, -0.2) is 0 Å². The Kier molecular flexibility index (Phi) is 75.4. The van der Waals surface area contributed by atoms with Crippen LogP contribution in [0.3, 0.4) is 0 Å². The molecule has 0 bridgehead atoms. The van der Waals surface area contributed by atoms with E-state index in [9.17, 15) is 19.4 Å². The lowest BCUT2D eigenvalue weighted by molar-refractivity contribution is -0.870. The van der Waals surface area contributed by atoms with Crippen molar-refractivity contribution in [3.8, 4) is 0 Å². The quantitative estimate of drug-likeness (QED) is 0.0272. The summed E-state index contributed by atoms with van der Waals surface area (Å²) in [6.45, 7) is 4.69. The van der Waals surface area contributed by atoms with Crippen molar-refractivity contribution in [3.63, 3.8) is 0 Å². The summed E-state index contributed by atoms with van der Waals surface area (Å²) >= 11 is 0. The third-order valence-corrected chi connectivity index (χ3v) is 20.7. The molecule has 2 N–H and O–H groups in total. The summed E-state index contributed by atoms with van der Waals surface area (Å²) in [4.78, 5) is 25.7. The molecule has 0 aliphatic heterocycles. The van der Waals surface area contributed by atoms with Gasteiger partial charge in [-0.1, -0.05) is 416 Å². The van der Waals surface area contributed by atoms with Gasteiger partial charge in [0.05, 0.1) is 39.9 Å². The highest BCUT2D eigenvalue weighted by Gasteiger charge is 2.23. The standard InChI is InChI=1S/C86H167N2O6P/c1-6-8-10-12-14-16-18-20-22-24-26-28-30-32-34-36-38-40-41-42-43-44-45-46-47-48-50-52-54-56-58-60-62-64-66-68-70-72-74-76-78-80-86(90)87-84(83-94-95(91,92)93-82-81-88(3,4)5)85(89)79-77-75-73-71-69-67-65-63-61-59-57-55-53-51-49-39-37-35-33-31-29-27-25-23-21-19-17-15-13-11-9-7-2/h24,26,61,63,69,71,77,79,84-85,89H,6-23,25,27-60,62,64-68,70,72-76,78,80-83H2,1-5H3,(H-,87,90,91,92)/b26-24-,63-61+,71-69+,79-77+. The molecule has 1 amide bonds. The van der Waals surface area contributed by atoms with E-state index in [1.165, 1.54) is 379 Å². The Bertz CT molecular complexity index is 1690. The molecule has 8 nitrogen and oxygen atoms in total. The fraction of sp³-hybridized carbons (Fsp3) is 0.895. The lowest BCUT2D eigenvalue weighted by Gasteiger charge is -2.29. The SMILES string of the molecule is CCCCCCCCCC/C=C\CCCCCCCCCCCCCCCCCCCCCCCCCCCCCCCC(=O)NC(COP(=O)([O-])OCC[N+](C)(C)C)C(O)/C=C/CC/C=C/CC/C=C/CCCCCCCCCCCCCCCCCCCCCCCC. The second-order valence-corrected chi connectivity index (χ2v) is 31.9. The fourth-order valence-electron chi connectivity index (χ4n) is 13.2. The Morgan fingerprint density at radius 3 is 0.853 bits per heavy atom. The van der Waals surface area contributed by atoms with Crippen LogP contribution in [0.5, 0.6) is 0 Å². The van der Waals surface area contributed by atoms with Crippen molar-refractivity contribution in [1.29, 1.82) is 0 Å². The Morgan fingerprint density at radius 2 is 0.589 bits per heavy atom. The number of nitrogens with zero attached hydrogens (tertiary/aromatic N) is 1. The number of aliphatic hydroxyl groups is 1. The van der Waals surface area contributed by atoms with Gasteiger partial charge in [0.1, 0.15) is 13.2 Å². The molecule has 9 heteroatoms. The number of carbonyl (C=O) groups is 1. The fourth-order valence-corrected chi connectivity index (χ4v) is 13.9. The summed E-state index contributed by atoms with van der Waals surface area (Å²) in [6.07, 6.45) is 106. The molecule has 0 spiro atoms.